The molecule has 3 N–H and O–H groups in total. The van der Waals surface area contributed by atoms with E-state index in [2.05, 4.69) is 39.6 Å². The fourth-order valence-corrected chi connectivity index (χ4v) is 3.12. The Morgan fingerprint density at radius 3 is 2.70 bits per heavy atom. The maximum absolute atomic E-state index is 9.60. The summed E-state index contributed by atoms with van der Waals surface area (Å²) < 4.78 is 1.94. The number of fused-ring (bicyclic) bond motifs is 1. The number of phenols is 2. The van der Waals surface area contributed by atoms with Crippen molar-refractivity contribution in [2.75, 3.05) is 0 Å². The van der Waals surface area contributed by atoms with Crippen LogP contribution >= 0.6 is 12.2 Å². The number of hydrogen-bond acceptors (Lipinski definition) is 5. The molecule has 7 heteroatoms. The molecule has 27 heavy (non-hydrogen) atoms. The van der Waals surface area contributed by atoms with Crippen LogP contribution in [0, 0.1) is 4.77 Å². The van der Waals surface area contributed by atoms with Gasteiger partial charge in [-0.05, 0) is 52.3 Å². The van der Waals surface area contributed by atoms with Gasteiger partial charge in [0.1, 0.15) is 0 Å². The first-order chi connectivity index (χ1) is 13.1. The molecule has 0 aliphatic heterocycles. The highest BCUT2D eigenvalue weighted by Gasteiger charge is 2.09. The van der Waals surface area contributed by atoms with E-state index in [0.29, 0.717) is 22.6 Å². The van der Waals surface area contributed by atoms with Crippen LogP contribution in [0.15, 0.2) is 65.8 Å². The van der Waals surface area contributed by atoms with Gasteiger partial charge in [-0.3, -0.25) is 5.10 Å². The predicted octanol–water partition coefficient (Wildman–Crippen LogP) is 3.98. The maximum atomic E-state index is 9.60. The van der Waals surface area contributed by atoms with Gasteiger partial charge >= 0.3 is 0 Å². The monoisotopic (exact) mass is 376 g/mol. The van der Waals surface area contributed by atoms with E-state index in [9.17, 15) is 10.2 Å². The molecule has 0 spiro atoms. The SMILES string of the molecule is Oc1ccc(/C=N\n2c(Cc3cccc4ccccc34)n[nH]c2=S)cc1O. The molecule has 0 saturated carbocycles. The number of nitrogens with zero attached hydrogens (tertiary/aromatic N) is 3. The molecule has 0 atom stereocenters. The second-order valence-corrected chi connectivity index (χ2v) is 6.45. The summed E-state index contributed by atoms with van der Waals surface area (Å²) in [7, 11) is 0. The molecule has 6 nitrogen and oxygen atoms in total. The van der Waals surface area contributed by atoms with Gasteiger partial charge in [0, 0.05) is 6.42 Å². The van der Waals surface area contributed by atoms with Crippen LogP contribution in [0.5, 0.6) is 11.5 Å². The van der Waals surface area contributed by atoms with E-state index in [-0.39, 0.29) is 11.5 Å². The van der Waals surface area contributed by atoms with Crippen molar-refractivity contribution in [2.45, 2.75) is 6.42 Å². The van der Waals surface area contributed by atoms with E-state index >= 15 is 0 Å². The largest absolute Gasteiger partial charge is 0.504 e. The minimum Gasteiger partial charge on any atom is -0.504 e. The molecule has 0 radical (unpaired) electrons. The van der Waals surface area contributed by atoms with Gasteiger partial charge in [-0.15, -0.1) is 0 Å². The molecule has 0 unspecified atom stereocenters. The van der Waals surface area contributed by atoms with Crippen LogP contribution in [-0.2, 0) is 6.42 Å². The summed E-state index contributed by atoms with van der Waals surface area (Å²) >= 11 is 5.29. The van der Waals surface area contributed by atoms with Crippen LogP contribution in [0.1, 0.15) is 17.0 Å². The molecular weight excluding hydrogens is 360 g/mol. The van der Waals surface area contributed by atoms with Gasteiger partial charge in [-0.2, -0.15) is 14.9 Å². The summed E-state index contributed by atoms with van der Waals surface area (Å²) in [5.41, 5.74) is 1.75. The number of aromatic hydroxyl groups is 2. The van der Waals surface area contributed by atoms with E-state index < -0.39 is 0 Å². The number of aromatic amines is 1. The Morgan fingerprint density at radius 1 is 1.04 bits per heavy atom. The van der Waals surface area contributed by atoms with Crippen LogP contribution in [-0.4, -0.2) is 31.3 Å². The number of nitrogens with one attached hydrogen (secondary N) is 1. The number of benzene rings is 3. The molecule has 4 rings (SSSR count). The average Bonchev–Trinajstić information content (AvgIpc) is 3.02. The summed E-state index contributed by atoms with van der Waals surface area (Å²) in [5.74, 6) is 0.296. The first-order valence-electron chi connectivity index (χ1n) is 8.31. The Bertz CT molecular complexity index is 1200. The first-order valence-corrected chi connectivity index (χ1v) is 8.72. The first kappa shape index (κ1) is 17.0. The quantitative estimate of drug-likeness (QED) is 0.286. The third-order valence-corrected chi connectivity index (χ3v) is 4.53. The molecule has 3 aromatic carbocycles. The lowest BCUT2D eigenvalue weighted by Crippen LogP contribution is -2.01. The highest BCUT2D eigenvalue weighted by molar-refractivity contribution is 7.71. The zero-order chi connectivity index (χ0) is 18.8. The summed E-state index contributed by atoms with van der Waals surface area (Å²) in [6, 6.07) is 18.8. The average molecular weight is 376 g/mol. The van der Waals surface area contributed by atoms with Crippen LogP contribution in [0.3, 0.4) is 0 Å². The summed E-state index contributed by atoms with van der Waals surface area (Å²) in [6.45, 7) is 0. The van der Waals surface area contributed by atoms with Crippen molar-refractivity contribution in [1.29, 1.82) is 0 Å². The third-order valence-electron chi connectivity index (χ3n) is 4.27. The molecule has 4 aromatic rings. The van der Waals surface area contributed by atoms with Crippen molar-refractivity contribution in [2.24, 2.45) is 5.10 Å². The number of aromatic nitrogens is 3. The Balaban J connectivity index is 1.68. The summed E-state index contributed by atoms with van der Waals surface area (Å²) in [5, 5.41) is 32.8. The van der Waals surface area contributed by atoms with Gasteiger partial charge in [0.2, 0.25) is 4.77 Å². The molecule has 0 saturated heterocycles. The molecule has 0 bridgehead atoms. The van der Waals surface area contributed by atoms with Crippen molar-refractivity contribution >= 4 is 29.2 Å². The van der Waals surface area contributed by atoms with Crippen LogP contribution in [0.2, 0.25) is 0 Å². The molecule has 1 aromatic heterocycles. The zero-order valence-corrected chi connectivity index (χ0v) is 15.0. The Morgan fingerprint density at radius 2 is 1.85 bits per heavy atom. The predicted molar refractivity (Wildman–Crippen MR) is 107 cm³/mol. The Hall–Kier alpha value is -3.45. The second kappa shape index (κ2) is 7.05. The zero-order valence-electron chi connectivity index (χ0n) is 14.2. The van der Waals surface area contributed by atoms with Crippen molar-refractivity contribution in [3.8, 4) is 11.5 Å². The van der Waals surface area contributed by atoms with Crippen molar-refractivity contribution in [3.05, 3.63) is 82.4 Å². The smallest absolute Gasteiger partial charge is 0.216 e. The second-order valence-electron chi connectivity index (χ2n) is 6.06. The highest BCUT2D eigenvalue weighted by Crippen LogP contribution is 2.24. The van der Waals surface area contributed by atoms with Crippen molar-refractivity contribution < 1.29 is 10.2 Å². The number of phenolic OH excluding ortho intramolecular Hbond substituents is 2. The minimum atomic E-state index is -0.203. The van der Waals surface area contributed by atoms with Crippen molar-refractivity contribution in [3.63, 3.8) is 0 Å². The molecule has 0 aliphatic carbocycles. The van der Waals surface area contributed by atoms with Crippen LogP contribution in [0.25, 0.3) is 10.8 Å². The van der Waals surface area contributed by atoms with Crippen molar-refractivity contribution in [1.82, 2.24) is 14.9 Å². The number of hydrogen-bond donors (Lipinski definition) is 3. The molecule has 0 fully saturated rings. The van der Waals surface area contributed by atoms with E-state index in [4.69, 9.17) is 12.2 Å². The van der Waals surface area contributed by atoms with Crippen LogP contribution < -0.4 is 0 Å². The normalized spacial score (nSPS) is 11.4. The Labute approximate surface area is 160 Å². The minimum absolute atomic E-state index is 0.177. The summed E-state index contributed by atoms with van der Waals surface area (Å²) in [6.07, 6.45) is 2.11. The molecular formula is C20H16N4O2S. The molecule has 0 amide bonds. The van der Waals surface area contributed by atoms with E-state index in [1.807, 2.05) is 18.2 Å². The van der Waals surface area contributed by atoms with Crippen LogP contribution in [0.4, 0.5) is 0 Å². The van der Waals surface area contributed by atoms with Gasteiger partial charge in [0.05, 0.1) is 6.21 Å². The fourth-order valence-electron chi connectivity index (χ4n) is 2.92. The van der Waals surface area contributed by atoms with Gasteiger partial charge in [0.15, 0.2) is 17.3 Å². The topological polar surface area (TPSA) is 86.4 Å². The fraction of sp³-hybridized carbons (Fsp3) is 0.0500. The third kappa shape index (κ3) is 3.45. The maximum Gasteiger partial charge on any atom is 0.216 e. The lowest BCUT2D eigenvalue weighted by atomic mass is 10.0. The lowest BCUT2D eigenvalue weighted by Gasteiger charge is -2.06. The number of rotatable bonds is 4. The van der Waals surface area contributed by atoms with E-state index in [1.54, 1.807) is 17.0 Å². The van der Waals surface area contributed by atoms with Gasteiger partial charge < -0.3 is 10.2 Å². The van der Waals surface area contributed by atoms with E-state index in [0.717, 1.165) is 10.9 Å². The Kier molecular flexibility index (Phi) is 4.43. The van der Waals surface area contributed by atoms with Gasteiger partial charge in [-0.25, -0.2) is 0 Å². The standard InChI is InChI=1S/C20H16N4O2S/c25-17-9-8-13(10-18(17)26)12-21-24-19(22-23-20(24)27)11-15-6-3-5-14-4-1-2-7-16(14)15/h1-10,12,25-26H,11H2,(H,23,27)/b21-12-. The highest BCUT2D eigenvalue weighted by atomic mass is 32.1. The molecule has 0 aliphatic rings. The van der Waals surface area contributed by atoms with E-state index in [1.165, 1.54) is 17.5 Å². The molecule has 134 valence electrons. The summed E-state index contributed by atoms with van der Waals surface area (Å²) in [4.78, 5) is 0. The number of H-pyrrole nitrogens is 1. The van der Waals surface area contributed by atoms with Gasteiger partial charge in [-0.1, -0.05) is 42.5 Å². The molecule has 1 heterocycles. The lowest BCUT2D eigenvalue weighted by molar-refractivity contribution is 0.403. The van der Waals surface area contributed by atoms with Gasteiger partial charge in [0.25, 0.3) is 0 Å².